The van der Waals surface area contributed by atoms with E-state index in [1.54, 1.807) is 11.2 Å². The zero-order valence-corrected chi connectivity index (χ0v) is 11.4. The summed E-state index contributed by atoms with van der Waals surface area (Å²) in [5, 5.41) is 1.74. The number of anilines is 1. The highest BCUT2D eigenvalue weighted by atomic mass is 19.4. The van der Waals surface area contributed by atoms with Crippen LogP contribution >= 0.6 is 0 Å². The Morgan fingerprint density at radius 2 is 1.82 bits per heavy atom. The second-order valence-corrected chi connectivity index (χ2v) is 4.90. The summed E-state index contributed by atoms with van der Waals surface area (Å²) in [6.45, 7) is 3.01. The predicted molar refractivity (Wildman–Crippen MR) is 66.8 cm³/mol. The van der Waals surface area contributed by atoms with Gasteiger partial charge in [0.15, 0.2) is 0 Å². The first kappa shape index (κ1) is 16.1. The summed E-state index contributed by atoms with van der Waals surface area (Å²) in [5.41, 5.74) is -5.67. The van der Waals surface area contributed by atoms with Gasteiger partial charge in [-0.2, -0.15) is 13.2 Å². The van der Waals surface area contributed by atoms with E-state index in [1.165, 1.54) is 13.8 Å². The smallest absolute Gasteiger partial charge is 0.415 e. The molecule has 1 unspecified atom stereocenters. The molecule has 1 aliphatic heterocycles. The van der Waals surface area contributed by atoms with Gasteiger partial charge in [0, 0.05) is 5.92 Å². The lowest BCUT2D eigenvalue weighted by atomic mass is 9.89. The van der Waals surface area contributed by atoms with Gasteiger partial charge in [0.1, 0.15) is 11.6 Å². The number of hydrogen-bond acceptors (Lipinski definition) is 2. The molecule has 1 aliphatic rings. The fraction of sp³-hybridized carbons (Fsp3) is 0.357. The summed E-state index contributed by atoms with van der Waals surface area (Å²) in [6.07, 6.45) is -6.82. The van der Waals surface area contributed by atoms with E-state index < -0.39 is 46.7 Å². The zero-order chi connectivity index (χ0) is 16.7. The van der Waals surface area contributed by atoms with Crippen LogP contribution in [-0.4, -0.2) is 12.3 Å². The monoisotopic (exact) mass is 319 g/mol. The van der Waals surface area contributed by atoms with E-state index in [0.717, 1.165) is 0 Å². The van der Waals surface area contributed by atoms with E-state index in [0.29, 0.717) is 12.1 Å². The number of rotatable bonds is 0. The minimum Gasteiger partial charge on any atom is -0.415 e. The van der Waals surface area contributed by atoms with Crippen LogP contribution in [-0.2, 0) is 10.3 Å². The minimum atomic E-state index is -5.25. The van der Waals surface area contributed by atoms with Gasteiger partial charge >= 0.3 is 12.3 Å². The number of nitrogens with one attached hydrogen (secondary N) is 1. The van der Waals surface area contributed by atoms with Gasteiger partial charge in [-0.05, 0) is 18.1 Å². The number of amides is 1. The van der Waals surface area contributed by atoms with Crippen LogP contribution in [0.5, 0.6) is 0 Å². The van der Waals surface area contributed by atoms with Crippen molar-refractivity contribution >= 4 is 11.8 Å². The molecule has 1 N–H and O–H groups in total. The maximum Gasteiger partial charge on any atom is 0.445 e. The Morgan fingerprint density at radius 1 is 1.23 bits per heavy atom. The summed E-state index contributed by atoms with van der Waals surface area (Å²) < 4.78 is 72.5. The lowest BCUT2D eigenvalue weighted by Crippen LogP contribution is -2.50. The van der Waals surface area contributed by atoms with Gasteiger partial charge in [0.05, 0.1) is 11.3 Å². The van der Waals surface area contributed by atoms with Crippen LogP contribution in [0.15, 0.2) is 12.1 Å². The molecule has 0 aliphatic carbocycles. The Hall–Kier alpha value is -2.30. The fourth-order valence-electron chi connectivity index (χ4n) is 1.94. The molecule has 1 atom stereocenters. The molecule has 118 valence electrons. The summed E-state index contributed by atoms with van der Waals surface area (Å²) in [5.74, 6) is 0.867. The quantitative estimate of drug-likeness (QED) is 0.581. The SMILES string of the molecule is CC(C)C#CC1(C(F)(F)F)OC(=O)Nc2c(F)ccc(F)c21. The first-order valence-corrected chi connectivity index (χ1v) is 6.16. The van der Waals surface area contributed by atoms with Crippen molar-refractivity contribution in [1.29, 1.82) is 0 Å². The molecule has 1 aromatic carbocycles. The van der Waals surface area contributed by atoms with Gasteiger partial charge < -0.3 is 4.74 Å². The number of carbonyl (C=O) groups is 1. The molecule has 1 amide bonds. The number of ether oxygens (including phenoxy) is 1. The van der Waals surface area contributed by atoms with Gasteiger partial charge in [-0.25, -0.2) is 13.6 Å². The number of cyclic esters (lactones) is 1. The molecule has 0 radical (unpaired) electrons. The first-order chi connectivity index (χ1) is 10.1. The Labute approximate surface area is 122 Å². The molecule has 0 bridgehead atoms. The maximum atomic E-state index is 14.0. The summed E-state index contributed by atoms with van der Waals surface area (Å²) in [4.78, 5) is 11.4. The third kappa shape index (κ3) is 2.47. The lowest BCUT2D eigenvalue weighted by Gasteiger charge is -2.36. The second kappa shape index (κ2) is 5.16. The van der Waals surface area contributed by atoms with Gasteiger partial charge in [0.25, 0.3) is 5.60 Å². The Balaban J connectivity index is 2.85. The van der Waals surface area contributed by atoms with Crippen LogP contribution in [0.4, 0.5) is 32.4 Å². The van der Waals surface area contributed by atoms with Crippen molar-refractivity contribution in [3.63, 3.8) is 0 Å². The van der Waals surface area contributed by atoms with E-state index in [1.807, 2.05) is 0 Å². The number of hydrogen-bond donors (Lipinski definition) is 1. The third-order valence-electron chi connectivity index (χ3n) is 2.86. The van der Waals surface area contributed by atoms with Gasteiger partial charge in [0.2, 0.25) is 0 Å². The largest absolute Gasteiger partial charge is 0.445 e. The van der Waals surface area contributed by atoms with Crippen molar-refractivity contribution < 1.29 is 31.5 Å². The average molecular weight is 319 g/mol. The van der Waals surface area contributed by atoms with Crippen molar-refractivity contribution in [1.82, 2.24) is 0 Å². The molecular weight excluding hydrogens is 309 g/mol. The average Bonchev–Trinajstić information content (AvgIpc) is 2.38. The molecule has 0 spiro atoms. The molecule has 1 heterocycles. The van der Waals surface area contributed by atoms with Crippen molar-refractivity contribution in [3.8, 4) is 11.8 Å². The molecule has 3 nitrogen and oxygen atoms in total. The number of benzene rings is 1. The van der Waals surface area contributed by atoms with Crippen molar-refractivity contribution in [2.24, 2.45) is 5.92 Å². The van der Waals surface area contributed by atoms with Crippen LogP contribution in [0.3, 0.4) is 0 Å². The van der Waals surface area contributed by atoms with Crippen LogP contribution in [0.25, 0.3) is 0 Å². The summed E-state index contributed by atoms with van der Waals surface area (Å²) in [7, 11) is 0. The van der Waals surface area contributed by atoms with E-state index in [4.69, 9.17) is 0 Å². The normalized spacial score (nSPS) is 20.6. The third-order valence-corrected chi connectivity index (χ3v) is 2.86. The second-order valence-electron chi connectivity index (χ2n) is 4.90. The van der Waals surface area contributed by atoms with Gasteiger partial charge in [-0.15, -0.1) is 0 Å². The molecule has 1 aromatic rings. The summed E-state index contributed by atoms with van der Waals surface area (Å²) in [6, 6.07) is 1.13. The van der Waals surface area contributed by atoms with Crippen molar-refractivity contribution in [3.05, 3.63) is 29.3 Å². The lowest BCUT2D eigenvalue weighted by molar-refractivity contribution is -0.240. The highest BCUT2D eigenvalue weighted by molar-refractivity contribution is 5.90. The predicted octanol–water partition coefficient (Wildman–Crippen LogP) is 3.94. The Kier molecular flexibility index (Phi) is 3.77. The highest BCUT2D eigenvalue weighted by Gasteiger charge is 2.63. The molecule has 0 saturated heterocycles. The maximum absolute atomic E-state index is 14.0. The Morgan fingerprint density at radius 3 is 2.36 bits per heavy atom. The molecule has 2 rings (SSSR count). The molecule has 0 aromatic heterocycles. The van der Waals surface area contributed by atoms with E-state index in [2.05, 4.69) is 10.7 Å². The van der Waals surface area contributed by atoms with Gasteiger partial charge in [-0.3, -0.25) is 5.32 Å². The molecule has 0 saturated carbocycles. The zero-order valence-electron chi connectivity index (χ0n) is 11.4. The van der Waals surface area contributed by atoms with Crippen LogP contribution < -0.4 is 5.32 Å². The van der Waals surface area contributed by atoms with E-state index in [-0.39, 0.29) is 0 Å². The number of halogens is 5. The van der Waals surface area contributed by atoms with Crippen LogP contribution in [0.1, 0.15) is 19.4 Å². The minimum absolute atomic E-state index is 0.507. The topological polar surface area (TPSA) is 38.3 Å². The first-order valence-electron chi connectivity index (χ1n) is 6.16. The molecule has 0 fully saturated rings. The van der Waals surface area contributed by atoms with Crippen molar-refractivity contribution in [2.75, 3.05) is 5.32 Å². The number of fused-ring (bicyclic) bond motifs is 1. The molecule has 8 heteroatoms. The summed E-state index contributed by atoms with van der Waals surface area (Å²) >= 11 is 0. The number of alkyl halides is 3. The standard InChI is InChI=1S/C14H10F5NO2/c1-7(2)5-6-13(14(17,18)19)10-8(15)3-4-9(16)11(10)20-12(21)22-13/h3-4,7H,1-2H3,(H,20,21). The van der Waals surface area contributed by atoms with Gasteiger partial charge in [-0.1, -0.05) is 19.8 Å². The number of carbonyl (C=O) groups excluding carboxylic acids is 1. The van der Waals surface area contributed by atoms with E-state index in [9.17, 15) is 26.7 Å². The van der Waals surface area contributed by atoms with Crippen LogP contribution in [0.2, 0.25) is 0 Å². The highest BCUT2D eigenvalue weighted by Crippen LogP contribution is 2.48. The molecule has 22 heavy (non-hydrogen) atoms. The van der Waals surface area contributed by atoms with E-state index >= 15 is 0 Å². The Bertz CT molecular complexity index is 687. The fourth-order valence-corrected chi connectivity index (χ4v) is 1.94. The van der Waals surface area contributed by atoms with Crippen molar-refractivity contribution in [2.45, 2.75) is 25.6 Å². The molecular formula is C14H10F5NO2. The van der Waals surface area contributed by atoms with Crippen LogP contribution in [0, 0.1) is 29.4 Å².